The molecule has 0 amide bonds. The van der Waals surface area contributed by atoms with Gasteiger partial charge in [0.1, 0.15) is 17.2 Å². The van der Waals surface area contributed by atoms with Crippen LogP contribution in [-0.2, 0) is 0 Å². The third-order valence-corrected chi connectivity index (χ3v) is 4.25. The molecule has 108 valence electrons. The summed E-state index contributed by atoms with van der Waals surface area (Å²) in [4.78, 5) is 0. The van der Waals surface area contributed by atoms with E-state index in [2.05, 4.69) is 37.8 Å². The normalized spacial score (nSPS) is 12.5. The van der Waals surface area contributed by atoms with Crippen molar-refractivity contribution in [3.05, 3.63) is 71.8 Å². The topological polar surface area (TPSA) is 18.5 Å². The Hall–Kier alpha value is -2.74. The number of fused-ring (bicyclic) bond motifs is 4. The predicted octanol–water partition coefficient (Wildman–Crippen LogP) is 5.32. The van der Waals surface area contributed by atoms with Gasteiger partial charge in [-0.15, -0.1) is 0 Å². The van der Waals surface area contributed by atoms with E-state index in [-0.39, 0.29) is 0 Å². The zero-order valence-electron chi connectivity index (χ0n) is 12.6. The highest BCUT2D eigenvalue weighted by atomic mass is 16.5. The highest BCUT2D eigenvalue weighted by Gasteiger charge is 2.23. The van der Waals surface area contributed by atoms with E-state index in [0.29, 0.717) is 0 Å². The molecule has 0 aliphatic carbocycles. The smallest absolute Gasteiger partial charge is 0.138 e. The SMILES string of the molecule is C=C1c2ccc(OC)cc2Oc2ccc3cccc(C)c3c21. The van der Waals surface area contributed by atoms with Gasteiger partial charge in [0.2, 0.25) is 0 Å². The highest BCUT2D eigenvalue weighted by Crippen LogP contribution is 2.47. The zero-order valence-corrected chi connectivity index (χ0v) is 12.6. The van der Waals surface area contributed by atoms with Crippen molar-refractivity contribution in [3.63, 3.8) is 0 Å². The summed E-state index contributed by atoms with van der Waals surface area (Å²) in [7, 11) is 1.66. The number of benzene rings is 3. The second-order valence-electron chi connectivity index (χ2n) is 5.55. The first-order valence-electron chi connectivity index (χ1n) is 7.27. The first-order valence-corrected chi connectivity index (χ1v) is 7.27. The fourth-order valence-electron chi connectivity index (χ4n) is 3.14. The van der Waals surface area contributed by atoms with Crippen molar-refractivity contribution in [2.45, 2.75) is 6.92 Å². The number of rotatable bonds is 1. The van der Waals surface area contributed by atoms with Gasteiger partial charge in [-0.3, -0.25) is 0 Å². The van der Waals surface area contributed by atoms with Gasteiger partial charge in [-0.05, 0) is 47.0 Å². The number of methoxy groups -OCH3 is 1. The minimum absolute atomic E-state index is 0.784. The van der Waals surface area contributed by atoms with Crippen LogP contribution in [0.5, 0.6) is 17.2 Å². The lowest BCUT2D eigenvalue weighted by molar-refractivity contribution is 0.408. The molecule has 0 saturated carbocycles. The molecular weight excluding hydrogens is 272 g/mol. The van der Waals surface area contributed by atoms with Gasteiger partial charge < -0.3 is 9.47 Å². The summed E-state index contributed by atoms with van der Waals surface area (Å²) >= 11 is 0. The molecule has 0 fully saturated rings. The summed E-state index contributed by atoms with van der Waals surface area (Å²) in [5.74, 6) is 2.43. The molecule has 1 aliphatic heterocycles. The van der Waals surface area contributed by atoms with Crippen LogP contribution in [0.4, 0.5) is 0 Å². The summed E-state index contributed by atoms with van der Waals surface area (Å²) in [5, 5.41) is 2.42. The van der Waals surface area contributed by atoms with E-state index in [4.69, 9.17) is 9.47 Å². The lowest BCUT2D eigenvalue weighted by Gasteiger charge is -2.24. The van der Waals surface area contributed by atoms with E-state index in [1.807, 2.05) is 24.3 Å². The maximum absolute atomic E-state index is 6.11. The third kappa shape index (κ3) is 1.74. The Bertz CT molecular complexity index is 922. The van der Waals surface area contributed by atoms with Crippen LogP contribution in [0, 0.1) is 6.92 Å². The Morgan fingerprint density at radius 3 is 2.68 bits per heavy atom. The van der Waals surface area contributed by atoms with Crippen molar-refractivity contribution >= 4 is 16.3 Å². The summed E-state index contributed by atoms with van der Waals surface area (Å²) in [6, 6.07) is 16.3. The third-order valence-electron chi connectivity index (χ3n) is 4.25. The van der Waals surface area contributed by atoms with Gasteiger partial charge in [-0.1, -0.05) is 30.8 Å². The number of aryl methyl sites for hydroxylation is 1. The van der Waals surface area contributed by atoms with Crippen molar-refractivity contribution in [3.8, 4) is 17.2 Å². The molecule has 2 heteroatoms. The zero-order chi connectivity index (χ0) is 15.3. The van der Waals surface area contributed by atoms with Crippen LogP contribution in [-0.4, -0.2) is 7.11 Å². The van der Waals surface area contributed by atoms with E-state index in [1.54, 1.807) is 7.11 Å². The molecule has 4 rings (SSSR count). The van der Waals surface area contributed by atoms with Crippen molar-refractivity contribution in [1.82, 2.24) is 0 Å². The molecule has 0 saturated heterocycles. The van der Waals surface area contributed by atoms with Gasteiger partial charge in [0.15, 0.2) is 0 Å². The lowest BCUT2D eigenvalue weighted by Crippen LogP contribution is -2.03. The first kappa shape index (κ1) is 13.0. The summed E-state index contributed by atoms with van der Waals surface area (Å²) in [5.41, 5.74) is 4.34. The highest BCUT2D eigenvalue weighted by molar-refractivity contribution is 6.03. The minimum atomic E-state index is 0.784. The Labute approximate surface area is 129 Å². The Morgan fingerprint density at radius 2 is 1.86 bits per heavy atom. The molecule has 0 bridgehead atoms. The molecule has 0 spiro atoms. The molecule has 1 heterocycles. The van der Waals surface area contributed by atoms with Crippen molar-refractivity contribution in [2.75, 3.05) is 7.11 Å². The summed E-state index contributed by atoms with van der Waals surface area (Å²) < 4.78 is 11.4. The average Bonchev–Trinajstić information content (AvgIpc) is 2.54. The van der Waals surface area contributed by atoms with Gasteiger partial charge in [-0.25, -0.2) is 0 Å². The van der Waals surface area contributed by atoms with Crippen molar-refractivity contribution in [2.24, 2.45) is 0 Å². The van der Waals surface area contributed by atoms with Gasteiger partial charge in [0.25, 0.3) is 0 Å². The monoisotopic (exact) mass is 288 g/mol. The molecule has 0 aromatic heterocycles. The molecule has 0 unspecified atom stereocenters. The molecule has 0 radical (unpaired) electrons. The maximum atomic E-state index is 6.11. The van der Waals surface area contributed by atoms with E-state index >= 15 is 0 Å². The fraction of sp³-hybridized carbons (Fsp3) is 0.100. The Balaban J connectivity index is 2.00. The molecular formula is C20H16O2. The van der Waals surface area contributed by atoms with Crippen molar-refractivity contribution in [1.29, 1.82) is 0 Å². The maximum Gasteiger partial charge on any atom is 0.138 e. The average molecular weight is 288 g/mol. The van der Waals surface area contributed by atoms with E-state index in [9.17, 15) is 0 Å². The van der Waals surface area contributed by atoms with Crippen LogP contribution in [0.3, 0.4) is 0 Å². The summed E-state index contributed by atoms with van der Waals surface area (Å²) in [6.45, 7) is 6.45. The lowest BCUT2D eigenvalue weighted by atomic mass is 9.89. The second kappa shape index (κ2) is 4.63. The van der Waals surface area contributed by atoms with E-state index < -0.39 is 0 Å². The van der Waals surface area contributed by atoms with E-state index in [0.717, 1.165) is 33.9 Å². The fourth-order valence-corrected chi connectivity index (χ4v) is 3.14. The van der Waals surface area contributed by atoms with Crippen molar-refractivity contribution < 1.29 is 9.47 Å². The van der Waals surface area contributed by atoms with Crippen LogP contribution >= 0.6 is 0 Å². The molecule has 3 aromatic carbocycles. The van der Waals surface area contributed by atoms with Crippen LogP contribution < -0.4 is 9.47 Å². The van der Waals surface area contributed by atoms with Crippen LogP contribution in [0.1, 0.15) is 16.7 Å². The number of hydrogen-bond acceptors (Lipinski definition) is 2. The second-order valence-corrected chi connectivity index (χ2v) is 5.55. The Kier molecular flexibility index (Phi) is 2.73. The minimum Gasteiger partial charge on any atom is -0.497 e. The van der Waals surface area contributed by atoms with Gasteiger partial charge in [0.05, 0.1) is 7.11 Å². The first-order chi connectivity index (χ1) is 10.7. The van der Waals surface area contributed by atoms with Gasteiger partial charge in [0, 0.05) is 17.2 Å². The van der Waals surface area contributed by atoms with Crippen LogP contribution in [0.25, 0.3) is 16.3 Å². The van der Waals surface area contributed by atoms with Gasteiger partial charge in [-0.2, -0.15) is 0 Å². The number of hydrogen-bond donors (Lipinski definition) is 0. The molecule has 0 N–H and O–H groups in total. The predicted molar refractivity (Wildman–Crippen MR) is 89.9 cm³/mol. The molecule has 1 aliphatic rings. The summed E-state index contributed by atoms with van der Waals surface area (Å²) in [6.07, 6.45) is 0. The standard InChI is InChI=1S/C20H16O2/c1-12-5-4-6-14-7-10-17-20(19(12)14)13(2)16-9-8-15(21-3)11-18(16)22-17/h4-11H,2H2,1,3H3. The number of ether oxygens (including phenoxy) is 2. The Morgan fingerprint density at radius 1 is 1.00 bits per heavy atom. The largest absolute Gasteiger partial charge is 0.497 e. The van der Waals surface area contributed by atoms with Gasteiger partial charge >= 0.3 is 0 Å². The molecule has 0 atom stereocenters. The molecule has 2 nitrogen and oxygen atoms in total. The molecule has 22 heavy (non-hydrogen) atoms. The van der Waals surface area contributed by atoms with Crippen LogP contribution in [0.2, 0.25) is 0 Å². The van der Waals surface area contributed by atoms with Crippen LogP contribution in [0.15, 0.2) is 55.1 Å². The quantitative estimate of drug-likeness (QED) is 0.471. The van der Waals surface area contributed by atoms with E-state index in [1.165, 1.54) is 16.3 Å². The molecule has 3 aromatic rings.